The van der Waals surface area contributed by atoms with Crippen LogP contribution in [0.25, 0.3) is 0 Å². The molecule has 0 aromatic heterocycles. The summed E-state index contributed by atoms with van der Waals surface area (Å²) in [5.74, 6) is 0. The van der Waals surface area contributed by atoms with Gasteiger partial charge in [-0.2, -0.15) is 0 Å². The van der Waals surface area contributed by atoms with Gasteiger partial charge < -0.3 is 10.6 Å². The maximum absolute atomic E-state index is 11.2. The predicted molar refractivity (Wildman–Crippen MR) is 66.6 cm³/mol. The van der Waals surface area contributed by atoms with Crippen molar-refractivity contribution in [1.82, 2.24) is 10.6 Å². The molecule has 0 aliphatic carbocycles. The zero-order chi connectivity index (χ0) is 11.8. The molecule has 0 unspecified atom stereocenters. The van der Waals surface area contributed by atoms with Gasteiger partial charge in [0, 0.05) is 13.1 Å². The number of hydrogen-bond acceptors (Lipinski definition) is 1. The zero-order valence-corrected chi connectivity index (χ0v) is 10.0. The molecule has 1 rings (SSSR count). The summed E-state index contributed by atoms with van der Waals surface area (Å²) in [6.45, 7) is 5.52. The van der Waals surface area contributed by atoms with Gasteiger partial charge >= 0.3 is 6.03 Å². The Morgan fingerprint density at radius 2 is 2.00 bits per heavy atom. The second-order valence-electron chi connectivity index (χ2n) is 3.92. The molecule has 88 valence electrons. The van der Waals surface area contributed by atoms with Gasteiger partial charge in [0.05, 0.1) is 0 Å². The van der Waals surface area contributed by atoms with Gasteiger partial charge in [-0.3, -0.25) is 0 Å². The van der Waals surface area contributed by atoms with E-state index in [9.17, 15) is 4.79 Å². The Morgan fingerprint density at radius 3 is 2.69 bits per heavy atom. The lowest BCUT2D eigenvalue weighted by atomic mass is 10.1. The van der Waals surface area contributed by atoms with Gasteiger partial charge in [-0.15, -0.1) is 0 Å². The molecule has 0 aliphatic rings. The summed E-state index contributed by atoms with van der Waals surface area (Å²) in [7, 11) is 0. The largest absolute Gasteiger partial charge is 0.338 e. The molecule has 3 nitrogen and oxygen atoms in total. The van der Waals surface area contributed by atoms with Crippen molar-refractivity contribution >= 4 is 6.03 Å². The first-order valence-corrected chi connectivity index (χ1v) is 5.79. The van der Waals surface area contributed by atoms with Gasteiger partial charge in [-0.25, -0.2) is 4.79 Å². The average molecular weight is 220 g/mol. The third-order valence-electron chi connectivity index (χ3n) is 2.32. The number of rotatable bonds is 5. The Hall–Kier alpha value is -1.51. The molecule has 2 amide bonds. The van der Waals surface area contributed by atoms with Crippen molar-refractivity contribution in [2.75, 3.05) is 13.1 Å². The molecule has 3 heteroatoms. The second-order valence-corrected chi connectivity index (χ2v) is 3.92. The first-order chi connectivity index (χ1) is 7.72. The van der Waals surface area contributed by atoms with Crippen LogP contribution in [-0.4, -0.2) is 19.1 Å². The molecule has 0 saturated carbocycles. The average Bonchev–Trinajstić information content (AvgIpc) is 2.26. The van der Waals surface area contributed by atoms with E-state index in [2.05, 4.69) is 35.8 Å². The number of urea groups is 1. The normalized spacial score (nSPS) is 9.88. The van der Waals surface area contributed by atoms with Crippen molar-refractivity contribution in [3.63, 3.8) is 0 Å². The Labute approximate surface area is 97.2 Å². The summed E-state index contributed by atoms with van der Waals surface area (Å²) in [6.07, 6.45) is 1.84. The number of nitrogens with one attached hydrogen (secondary N) is 2. The van der Waals surface area contributed by atoms with E-state index in [-0.39, 0.29) is 6.03 Å². The lowest BCUT2D eigenvalue weighted by Crippen LogP contribution is -2.36. The van der Waals surface area contributed by atoms with Gasteiger partial charge in [0.2, 0.25) is 0 Å². The standard InChI is InChI=1S/C13H20N2O/c1-3-8-14-13(16)15-9-7-12-6-4-5-11(2)10-12/h4-6,10H,3,7-9H2,1-2H3,(H2,14,15,16). The smallest absolute Gasteiger partial charge is 0.314 e. The molecule has 0 saturated heterocycles. The Kier molecular flexibility index (Phi) is 5.40. The molecule has 0 heterocycles. The second kappa shape index (κ2) is 6.88. The van der Waals surface area contributed by atoms with E-state index in [1.54, 1.807) is 0 Å². The fourth-order valence-electron chi connectivity index (χ4n) is 1.49. The lowest BCUT2D eigenvalue weighted by molar-refractivity contribution is 0.241. The first kappa shape index (κ1) is 12.6. The third-order valence-corrected chi connectivity index (χ3v) is 2.32. The van der Waals surface area contributed by atoms with E-state index in [1.165, 1.54) is 11.1 Å². The molecule has 0 aliphatic heterocycles. The molecule has 0 bridgehead atoms. The van der Waals surface area contributed by atoms with Crippen LogP contribution in [0.2, 0.25) is 0 Å². The van der Waals surface area contributed by atoms with E-state index < -0.39 is 0 Å². The summed E-state index contributed by atoms with van der Waals surface area (Å²) in [5, 5.41) is 5.62. The number of aryl methyl sites for hydroxylation is 1. The molecular formula is C13H20N2O. The highest BCUT2D eigenvalue weighted by atomic mass is 16.2. The summed E-state index contributed by atoms with van der Waals surface area (Å²) < 4.78 is 0. The van der Waals surface area contributed by atoms with Crippen LogP contribution in [0.4, 0.5) is 4.79 Å². The van der Waals surface area contributed by atoms with Crippen molar-refractivity contribution in [3.8, 4) is 0 Å². The topological polar surface area (TPSA) is 41.1 Å². The van der Waals surface area contributed by atoms with Gasteiger partial charge in [0.15, 0.2) is 0 Å². The van der Waals surface area contributed by atoms with Crippen LogP contribution < -0.4 is 10.6 Å². The predicted octanol–water partition coefficient (Wildman–Crippen LogP) is 2.25. The van der Waals surface area contributed by atoms with Gasteiger partial charge in [0.1, 0.15) is 0 Å². The van der Waals surface area contributed by atoms with E-state index >= 15 is 0 Å². The molecule has 16 heavy (non-hydrogen) atoms. The van der Waals surface area contributed by atoms with Crippen LogP contribution in [0.3, 0.4) is 0 Å². The molecule has 2 N–H and O–H groups in total. The zero-order valence-electron chi connectivity index (χ0n) is 10.0. The van der Waals surface area contributed by atoms with Crippen molar-refractivity contribution in [2.24, 2.45) is 0 Å². The molecule has 0 spiro atoms. The highest BCUT2D eigenvalue weighted by Gasteiger charge is 1.98. The highest BCUT2D eigenvalue weighted by Crippen LogP contribution is 2.03. The minimum Gasteiger partial charge on any atom is -0.338 e. The molecule has 0 radical (unpaired) electrons. The van der Waals surface area contributed by atoms with E-state index in [0.29, 0.717) is 6.54 Å². The lowest BCUT2D eigenvalue weighted by Gasteiger charge is -2.06. The van der Waals surface area contributed by atoms with Gasteiger partial charge in [-0.05, 0) is 25.3 Å². The Morgan fingerprint density at radius 1 is 1.25 bits per heavy atom. The number of carbonyl (C=O) groups is 1. The number of benzene rings is 1. The third kappa shape index (κ3) is 4.82. The Bertz CT molecular complexity index is 336. The van der Waals surface area contributed by atoms with Crippen LogP contribution in [0, 0.1) is 6.92 Å². The fourth-order valence-corrected chi connectivity index (χ4v) is 1.49. The molecule has 1 aromatic rings. The van der Waals surface area contributed by atoms with E-state index in [4.69, 9.17) is 0 Å². The molecular weight excluding hydrogens is 200 g/mol. The van der Waals surface area contributed by atoms with Crippen LogP contribution in [0.1, 0.15) is 24.5 Å². The fraction of sp³-hybridized carbons (Fsp3) is 0.462. The van der Waals surface area contributed by atoms with Crippen molar-refractivity contribution < 1.29 is 4.79 Å². The molecule has 0 atom stereocenters. The van der Waals surface area contributed by atoms with Gasteiger partial charge in [-0.1, -0.05) is 36.8 Å². The summed E-state index contributed by atoms with van der Waals surface area (Å²) >= 11 is 0. The first-order valence-electron chi connectivity index (χ1n) is 5.79. The number of hydrogen-bond donors (Lipinski definition) is 2. The SMILES string of the molecule is CCCNC(=O)NCCc1cccc(C)c1. The van der Waals surface area contributed by atoms with Crippen LogP contribution in [0.5, 0.6) is 0 Å². The minimum atomic E-state index is -0.0745. The number of amides is 2. The van der Waals surface area contributed by atoms with Crippen molar-refractivity contribution in [1.29, 1.82) is 0 Å². The maximum atomic E-state index is 11.2. The van der Waals surface area contributed by atoms with Crippen LogP contribution in [-0.2, 0) is 6.42 Å². The molecule has 0 fully saturated rings. The van der Waals surface area contributed by atoms with E-state index in [0.717, 1.165) is 19.4 Å². The number of carbonyl (C=O) groups excluding carboxylic acids is 1. The summed E-state index contributed by atoms with van der Waals surface area (Å²) in [5.41, 5.74) is 2.52. The maximum Gasteiger partial charge on any atom is 0.314 e. The van der Waals surface area contributed by atoms with Crippen molar-refractivity contribution in [2.45, 2.75) is 26.7 Å². The minimum absolute atomic E-state index is 0.0745. The Balaban J connectivity index is 2.22. The van der Waals surface area contributed by atoms with Crippen LogP contribution in [0.15, 0.2) is 24.3 Å². The van der Waals surface area contributed by atoms with E-state index in [1.807, 2.05) is 13.0 Å². The summed E-state index contributed by atoms with van der Waals surface area (Å²) in [6, 6.07) is 8.27. The highest BCUT2D eigenvalue weighted by molar-refractivity contribution is 5.73. The van der Waals surface area contributed by atoms with Crippen molar-refractivity contribution in [3.05, 3.63) is 35.4 Å². The van der Waals surface area contributed by atoms with Gasteiger partial charge in [0.25, 0.3) is 0 Å². The van der Waals surface area contributed by atoms with Crippen LogP contribution >= 0.6 is 0 Å². The monoisotopic (exact) mass is 220 g/mol. The quantitative estimate of drug-likeness (QED) is 0.785. The molecule has 1 aromatic carbocycles. The summed E-state index contributed by atoms with van der Waals surface area (Å²) in [4.78, 5) is 11.2.